The van der Waals surface area contributed by atoms with Crippen LogP contribution in [0, 0.1) is 5.92 Å². The molecule has 0 amide bonds. The molecule has 190 valence electrons. The van der Waals surface area contributed by atoms with Gasteiger partial charge in [-0.25, -0.2) is 0 Å². The van der Waals surface area contributed by atoms with Crippen molar-refractivity contribution in [1.29, 1.82) is 0 Å². The summed E-state index contributed by atoms with van der Waals surface area (Å²) in [5, 5.41) is 10.1. The van der Waals surface area contributed by atoms with Gasteiger partial charge in [0.05, 0.1) is 7.11 Å². The number of piperidine rings is 1. The zero-order valence-electron chi connectivity index (χ0n) is 21.5. The second-order valence-corrected chi connectivity index (χ2v) is 10.0. The molecule has 5 nitrogen and oxygen atoms in total. The Kier molecular flexibility index (Phi) is 7.49. The Balaban J connectivity index is 1.47. The van der Waals surface area contributed by atoms with E-state index in [-0.39, 0.29) is 12.2 Å². The molecule has 2 aliphatic rings. The molecule has 1 N–H and O–H groups in total. The summed E-state index contributed by atoms with van der Waals surface area (Å²) in [6.45, 7) is 1.93. The van der Waals surface area contributed by atoms with Gasteiger partial charge in [0.1, 0.15) is 11.5 Å². The first-order valence-corrected chi connectivity index (χ1v) is 13.0. The Bertz CT molecular complexity index is 1150. The second-order valence-electron chi connectivity index (χ2n) is 10.0. The van der Waals surface area contributed by atoms with Crippen LogP contribution in [0.1, 0.15) is 53.4 Å². The van der Waals surface area contributed by atoms with E-state index in [1.165, 1.54) is 27.9 Å². The number of ether oxygens (including phenoxy) is 3. The van der Waals surface area contributed by atoms with E-state index in [0.29, 0.717) is 17.6 Å². The molecule has 3 aromatic carbocycles. The number of hydrogen-bond donors (Lipinski definition) is 1. The fourth-order valence-electron chi connectivity index (χ4n) is 6.31. The molecule has 5 rings (SSSR count). The lowest BCUT2D eigenvalue weighted by atomic mass is 9.69. The first-order chi connectivity index (χ1) is 17.6. The number of methoxy groups -OCH3 is 3. The largest absolute Gasteiger partial charge is 0.508 e. The van der Waals surface area contributed by atoms with E-state index >= 15 is 0 Å². The molecule has 0 spiro atoms. The van der Waals surface area contributed by atoms with Crippen molar-refractivity contribution in [3.8, 4) is 11.5 Å². The van der Waals surface area contributed by atoms with E-state index in [1.807, 2.05) is 12.1 Å². The summed E-state index contributed by atoms with van der Waals surface area (Å²) < 4.78 is 17.0. The van der Waals surface area contributed by atoms with E-state index in [4.69, 9.17) is 14.2 Å². The number of fused-ring (bicyclic) bond motifs is 1. The van der Waals surface area contributed by atoms with E-state index in [9.17, 15) is 5.11 Å². The number of hydrogen-bond acceptors (Lipinski definition) is 5. The van der Waals surface area contributed by atoms with Crippen LogP contribution in [0.4, 0.5) is 5.69 Å². The van der Waals surface area contributed by atoms with E-state index in [2.05, 4.69) is 59.5 Å². The monoisotopic (exact) mass is 487 g/mol. The third-order valence-corrected chi connectivity index (χ3v) is 8.12. The Morgan fingerprint density at radius 1 is 0.833 bits per heavy atom. The van der Waals surface area contributed by atoms with Gasteiger partial charge >= 0.3 is 0 Å². The molecule has 5 heteroatoms. The van der Waals surface area contributed by atoms with Gasteiger partial charge in [0.15, 0.2) is 6.29 Å². The van der Waals surface area contributed by atoms with Crippen LogP contribution in [-0.4, -0.2) is 45.8 Å². The van der Waals surface area contributed by atoms with Crippen molar-refractivity contribution in [3.63, 3.8) is 0 Å². The molecule has 36 heavy (non-hydrogen) atoms. The van der Waals surface area contributed by atoms with Gasteiger partial charge in [0, 0.05) is 56.5 Å². The SMILES string of the molecule is COc1cc(N2CCC(C(OC)OC)CC2)ccc1C1c2ccc(O)cc2CCC1c1ccccc1. The Morgan fingerprint density at radius 3 is 2.25 bits per heavy atom. The van der Waals surface area contributed by atoms with Crippen molar-refractivity contribution in [3.05, 3.63) is 89.0 Å². The lowest BCUT2D eigenvalue weighted by Crippen LogP contribution is -2.39. The van der Waals surface area contributed by atoms with Crippen LogP contribution in [0.15, 0.2) is 66.7 Å². The van der Waals surface area contributed by atoms with E-state index < -0.39 is 0 Å². The molecule has 1 aliphatic carbocycles. The van der Waals surface area contributed by atoms with Gasteiger partial charge < -0.3 is 24.2 Å². The molecule has 2 atom stereocenters. The highest BCUT2D eigenvalue weighted by Gasteiger charge is 2.34. The minimum atomic E-state index is -0.134. The quantitative estimate of drug-likeness (QED) is 0.408. The fraction of sp³-hybridized carbons (Fsp3) is 0.419. The Hall–Kier alpha value is -3.02. The van der Waals surface area contributed by atoms with E-state index in [0.717, 1.165) is 44.5 Å². The maximum atomic E-state index is 10.1. The number of rotatable bonds is 7. The zero-order valence-corrected chi connectivity index (χ0v) is 21.5. The average molecular weight is 488 g/mol. The predicted molar refractivity (Wildman–Crippen MR) is 143 cm³/mol. The lowest BCUT2D eigenvalue weighted by molar-refractivity contribution is -0.141. The third-order valence-electron chi connectivity index (χ3n) is 8.12. The topological polar surface area (TPSA) is 51.2 Å². The molecular formula is C31H37NO4. The van der Waals surface area contributed by atoms with Crippen molar-refractivity contribution in [1.82, 2.24) is 0 Å². The summed E-state index contributed by atoms with van der Waals surface area (Å²) in [7, 11) is 5.21. The molecule has 1 heterocycles. The van der Waals surface area contributed by atoms with Crippen molar-refractivity contribution >= 4 is 5.69 Å². The third kappa shape index (κ3) is 4.82. The molecule has 0 saturated carbocycles. The van der Waals surface area contributed by atoms with Crippen molar-refractivity contribution < 1.29 is 19.3 Å². The number of nitrogens with zero attached hydrogens (tertiary/aromatic N) is 1. The molecule has 3 aromatic rings. The lowest BCUT2D eigenvalue weighted by Gasteiger charge is -2.37. The average Bonchev–Trinajstić information content (AvgIpc) is 2.93. The van der Waals surface area contributed by atoms with Crippen LogP contribution >= 0.6 is 0 Å². The summed E-state index contributed by atoms with van der Waals surface area (Å²) in [5.41, 5.74) is 6.25. The fourth-order valence-corrected chi connectivity index (χ4v) is 6.31. The molecule has 1 saturated heterocycles. The summed E-state index contributed by atoms with van der Waals surface area (Å²) in [4.78, 5) is 2.44. The summed E-state index contributed by atoms with van der Waals surface area (Å²) in [6.07, 6.45) is 3.92. The van der Waals surface area contributed by atoms with Crippen molar-refractivity contribution in [2.75, 3.05) is 39.3 Å². The molecule has 1 fully saturated rings. The molecule has 1 aliphatic heterocycles. The number of phenolic OH excluding ortho intramolecular Hbond substituents is 1. The first-order valence-electron chi connectivity index (χ1n) is 13.0. The molecule has 0 radical (unpaired) electrons. The van der Waals surface area contributed by atoms with Gasteiger partial charge in [-0.15, -0.1) is 0 Å². The molecular weight excluding hydrogens is 450 g/mol. The first kappa shape index (κ1) is 24.7. The summed E-state index contributed by atoms with van der Waals surface area (Å²) in [5.74, 6) is 2.18. The summed E-state index contributed by atoms with van der Waals surface area (Å²) in [6, 6.07) is 23.4. The van der Waals surface area contributed by atoms with Crippen molar-refractivity contribution in [2.24, 2.45) is 5.92 Å². The van der Waals surface area contributed by atoms with E-state index in [1.54, 1.807) is 21.3 Å². The molecule has 0 aromatic heterocycles. The predicted octanol–water partition coefficient (Wildman–Crippen LogP) is 6.10. The number of aryl methyl sites for hydroxylation is 1. The van der Waals surface area contributed by atoms with Crippen LogP contribution in [0.25, 0.3) is 0 Å². The number of aromatic hydroxyl groups is 1. The van der Waals surface area contributed by atoms with Gasteiger partial charge in [-0.05, 0) is 66.5 Å². The maximum Gasteiger partial charge on any atom is 0.159 e. The van der Waals surface area contributed by atoms with Gasteiger partial charge in [-0.3, -0.25) is 0 Å². The highest BCUT2D eigenvalue weighted by molar-refractivity contribution is 5.58. The van der Waals surface area contributed by atoms with Crippen LogP contribution in [0.3, 0.4) is 0 Å². The van der Waals surface area contributed by atoms with Crippen molar-refractivity contribution in [2.45, 2.75) is 43.8 Å². The van der Waals surface area contributed by atoms with Gasteiger partial charge in [-0.2, -0.15) is 0 Å². The van der Waals surface area contributed by atoms with Crippen LogP contribution in [0.2, 0.25) is 0 Å². The highest BCUT2D eigenvalue weighted by Crippen LogP contribution is 2.49. The summed E-state index contributed by atoms with van der Waals surface area (Å²) >= 11 is 0. The highest BCUT2D eigenvalue weighted by atomic mass is 16.7. The molecule has 0 bridgehead atoms. The van der Waals surface area contributed by atoms with Crippen LogP contribution < -0.4 is 9.64 Å². The van der Waals surface area contributed by atoms with Gasteiger partial charge in [-0.1, -0.05) is 42.5 Å². The normalized spacial score (nSPS) is 20.4. The number of anilines is 1. The minimum Gasteiger partial charge on any atom is -0.508 e. The second kappa shape index (κ2) is 10.9. The number of benzene rings is 3. The van der Waals surface area contributed by atoms with Crippen LogP contribution in [0.5, 0.6) is 11.5 Å². The Labute approximate surface area is 214 Å². The molecule has 2 unspecified atom stereocenters. The number of phenols is 1. The minimum absolute atomic E-state index is 0.134. The Morgan fingerprint density at radius 2 is 1.56 bits per heavy atom. The van der Waals surface area contributed by atoms with Crippen LogP contribution in [-0.2, 0) is 15.9 Å². The van der Waals surface area contributed by atoms with Gasteiger partial charge in [0.2, 0.25) is 0 Å². The van der Waals surface area contributed by atoms with Gasteiger partial charge in [0.25, 0.3) is 0 Å². The maximum absolute atomic E-state index is 10.1. The smallest absolute Gasteiger partial charge is 0.159 e. The zero-order chi connectivity index (χ0) is 25.1. The standard InChI is InChI=1S/C31H37NO4/c1-34-29-20-24(32-17-15-22(16-18-32)31(35-2)36-3)10-13-28(29)30-26(21-7-5-4-6-8-21)12-9-23-19-25(33)11-14-27(23)30/h4-8,10-11,13-14,19-20,22,26,30-31,33H,9,12,15-18H2,1-3H3.